The standard InChI is InChI=1S/C12H13Cl2N3S/c1-2-6-15-12(10-7-16-17-18-10)8-4-3-5-9(13)11(8)14/h3-5,7,12,15H,2,6H2,1H3. The number of rotatable bonds is 5. The molecule has 0 aliphatic carbocycles. The summed E-state index contributed by atoms with van der Waals surface area (Å²) in [5, 5.41) is 8.47. The van der Waals surface area contributed by atoms with Crippen molar-refractivity contribution in [3.05, 3.63) is 44.9 Å². The second-order valence-corrected chi connectivity index (χ2v) is 5.45. The number of aromatic nitrogens is 2. The highest BCUT2D eigenvalue weighted by Gasteiger charge is 2.19. The fraction of sp³-hybridized carbons (Fsp3) is 0.333. The molecule has 0 saturated heterocycles. The van der Waals surface area contributed by atoms with E-state index in [4.69, 9.17) is 23.2 Å². The quantitative estimate of drug-likeness (QED) is 0.909. The monoisotopic (exact) mass is 301 g/mol. The first-order chi connectivity index (χ1) is 8.74. The van der Waals surface area contributed by atoms with E-state index in [1.807, 2.05) is 12.1 Å². The van der Waals surface area contributed by atoms with E-state index < -0.39 is 0 Å². The summed E-state index contributed by atoms with van der Waals surface area (Å²) in [5.74, 6) is 0. The molecule has 18 heavy (non-hydrogen) atoms. The zero-order valence-corrected chi connectivity index (χ0v) is 12.2. The van der Waals surface area contributed by atoms with E-state index in [1.165, 1.54) is 11.5 Å². The van der Waals surface area contributed by atoms with E-state index in [1.54, 1.807) is 12.3 Å². The third kappa shape index (κ3) is 3.01. The van der Waals surface area contributed by atoms with Crippen LogP contribution in [-0.2, 0) is 0 Å². The normalized spacial score (nSPS) is 12.6. The summed E-state index contributed by atoms with van der Waals surface area (Å²) in [4.78, 5) is 1.03. The SMILES string of the molecule is CCCNC(c1cnns1)c1cccc(Cl)c1Cl. The molecule has 0 aliphatic rings. The Balaban J connectivity index is 2.37. The molecule has 0 fully saturated rings. The highest BCUT2D eigenvalue weighted by atomic mass is 35.5. The minimum atomic E-state index is -0.00356. The molecule has 1 aromatic carbocycles. The van der Waals surface area contributed by atoms with Crippen molar-refractivity contribution in [3.8, 4) is 0 Å². The molecule has 96 valence electrons. The molecule has 2 rings (SSSR count). The molecule has 1 unspecified atom stereocenters. The largest absolute Gasteiger partial charge is 0.305 e. The molecule has 3 nitrogen and oxygen atoms in total. The van der Waals surface area contributed by atoms with Crippen molar-refractivity contribution in [2.75, 3.05) is 6.54 Å². The van der Waals surface area contributed by atoms with Crippen LogP contribution in [0.15, 0.2) is 24.4 Å². The van der Waals surface area contributed by atoms with Crippen LogP contribution in [0.5, 0.6) is 0 Å². The third-order valence-corrected chi connectivity index (χ3v) is 4.12. The van der Waals surface area contributed by atoms with Gasteiger partial charge in [0.05, 0.1) is 27.2 Å². The van der Waals surface area contributed by atoms with E-state index in [9.17, 15) is 0 Å². The highest BCUT2D eigenvalue weighted by Crippen LogP contribution is 2.33. The lowest BCUT2D eigenvalue weighted by atomic mass is 10.1. The number of nitrogens with one attached hydrogen (secondary N) is 1. The predicted molar refractivity (Wildman–Crippen MR) is 76.5 cm³/mol. The van der Waals surface area contributed by atoms with Crippen LogP contribution in [0.25, 0.3) is 0 Å². The molecular formula is C12H13Cl2N3S. The average molecular weight is 302 g/mol. The van der Waals surface area contributed by atoms with Crippen LogP contribution >= 0.6 is 34.7 Å². The van der Waals surface area contributed by atoms with Gasteiger partial charge in [-0.3, -0.25) is 0 Å². The highest BCUT2D eigenvalue weighted by molar-refractivity contribution is 7.05. The summed E-state index contributed by atoms with van der Waals surface area (Å²) in [6.07, 6.45) is 2.80. The Labute approximate surface area is 120 Å². The Morgan fingerprint density at radius 3 is 2.89 bits per heavy atom. The van der Waals surface area contributed by atoms with Crippen LogP contribution in [0.3, 0.4) is 0 Å². The second-order valence-electron chi connectivity index (χ2n) is 3.85. The minimum Gasteiger partial charge on any atom is -0.305 e. The zero-order chi connectivity index (χ0) is 13.0. The van der Waals surface area contributed by atoms with Gasteiger partial charge in [0.2, 0.25) is 0 Å². The first kappa shape index (κ1) is 13.7. The van der Waals surface area contributed by atoms with Gasteiger partial charge in [0.25, 0.3) is 0 Å². The van der Waals surface area contributed by atoms with Crippen molar-refractivity contribution in [1.29, 1.82) is 0 Å². The maximum Gasteiger partial charge on any atom is 0.0718 e. The van der Waals surface area contributed by atoms with Gasteiger partial charge in [-0.25, -0.2) is 0 Å². The van der Waals surface area contributed by atoms with Gasteiger partial charge in [-0.05, 0) is 36.1 Å². The molecule has 0 spiro atoms. The van der Waals surface area contributed by atoms with Crippen molar-refractivity contribution in [3.63, 3.8) is 0 Å². The summed E-state index contributed by atoms with van der Waals surface area (Å²) < 4.78 is 3.90. The number of benzene rings is 1. The molecule has 1 N–H and O–H groups in total. The smallest absolute Gasteiger partial charge is 0.0718 e. The number of hydrogen-bond acceptors (Lipinski definition) is 4. The summed E-state index contributed by atoms with van der Waals surface area (Å²) in [6, 6.07) is 5.66. The van der Waals surface area contributed by atoms with E-state index in [0.29, 0.717) is 10.0 Å². The fourth-order valence-electron chi connectivity index (χ4n) is 1.70. The van der Waals surface area contributed by atoms with Crippen molar-refractivity contribution >= 4 is 34.7 Å². The van der Waals surface area contributed by atoms with Gasteiger partial charge >= 0.3 is 0 Å². The van der Waals surface area contributed by atoms with Gasteiger partial charge in [0, 0.05) is 0 Å². The Morgan fingerprint density at radius 2 is 2.22 bits per heavy atom. The number of hydrogen-bond donors (Lipinski definition) is 1. The van der Waals surface area contributed by atoms with Gasteiger partial charge in [0.1, 0.15) is 0 Å². The van der Waals surface area contributed by atoms with Gasteiger partial charge in [-0.1, -0.05) is 46.7 Å². The minimum absolute atomic E-state index is 0.00356. The van der Waals surface area contributed by atoms with Crippen molar-refractivity contribution < 1.29 is 0 Å². The van der Waals surface area contributed by atoms with E-state index in [-0.39, 0.29) is 6.04 Å². The van der Waals surface area contributed by atoms with Gasteiger partial charge in [-0.2, -0.15) is 0 Å². The lowest BCUT2D eigenvalue weighted by Crippen LogP contribution is -2.22. The first-order valence-electron chi connectivity index (χ1n) is 5.68. The van der Waals surface area contributed by atoms with Gasteiger partial charge in [-0.15, -0.1) is 5.10 Å². The summed E-state index contributed by atoms with van der Waals surface area (Å²) in [6.45, 7) is 3.01. The van der Waals surface area contributed by atoms with Gasteiger partial charge in [0.15, 0.2) is 0 Å². The Bertz CT molecular complexity index is 502. The molecule has 1 aromatic heterocycles. The summed E-state index contributed by atoms with van der Waals surface area (Å²) in [7, 11) is 0. The predicted octanol–water partition coefficient (Wildman–Crippen LogP) is 3.93. The van der Waals surface area contributed by atoms with Crippen molar-refractivity contribution in [2.45, 2.75) is 19.4 Å². The molecule has 0 amide bonds. The topological polar surface area (TPSA) is 37.8 Å². The van der Waals surface area contributed by atoms with E-state index in [0.717, 1.165) is 23.4 Å². The summed E-state index contributed by atoms with van der Waals surface area (Å²) >= 11 is 13.7. The molecule has 2 aromatic rings. The Hall–Kier alpha value is -0.680. The van der Waals surface area contributed by atoms with Crippen LogP contribution < -0.4 is 5.32 Å². The zero-order valence-electron chi connectivity index (χ0n) is 9.86. The van der Waals surface area contributed by atoms with Crippen LogP contribution in [-0.4, -0.2) is 16.1 Å². The molecule has 1 heterocycles. The fourth-order valence-corrected chi connectivity index (χ4v) is 2.71. The lowest BCUT2D eigenvalue weighted by Gasteiger charge is -2.18. The molecule has 0 saturated carbocycles. The third-order valence-electron chi connectivity index (χ3n) is 2.55. The van der Waals surface area contributed by atoms with Crippen molar-refractivity contribution in [1.82, 2.24) is 14.9 Å². The molecule has 0 radical (unpaired) electrons. The Morgan fingerprint density at radius 1 is 1.39 bits per heavy atom. The molecule has 1 atom stereocenters. The van der Waals surface area contributed by atoms with Crippen LogP contribution in [0.1, 0.15) is 29.8 Å². The van der Waals surface area contributed by atoms with Crippen LogP contribution in [0, 0.1) is 0 Å². The van der Waals surface area contributed by atoms with Crippen LogP contribution in [0.4, 0.5) is 0 Å². The molecular weight excluding hydrogens is 289 g/mol. The summed E-state index contributed by atoms with van der Waals surface area (Å²) in [5.41, 5.74) is 0.962. The average Bonchev–Trinajstić information content (AvgIpc) is 2.88. The second kappa shape index (κ2) is 6.48. The first-order valence-corrected chi connectivity index (χ1v) is 7.21. The Kier molecular flexibility index (Phi) is 4.95. The maximum absolute atomic E-state index is 6.28. The number of nitrogens with zero attached hydrogens (tertiary/aromatic N) is 2. The molecule has 6 heteroatoms. The lowest BCUT2D eigenvalue weighted by molar-refractivity contribution is 0.605. The van der Waals surface area contributed by atoms with E-state index >= 15 is 0 Å². The maximum atomic E-state index is 6.28. The van der Waals surface area contributed by atoms with Gasteiger partial charge < -0.3 is 5.32 Å². The number of halogens is 2. The molecule has 0 aliphatic heterocycles. The van der Waals surface area contributed by atoms with Crippen LogP contribution in [0.2, 0.25) is 10.0 Å². The molecule has 0 bridgehead atoms. The van der Waals surface area contributed by atoms with E-state index in [2.05, 4.69) is 21.8 Å². The van der Waals surface area contributed by atoms with Crippen molar-refractivity contribution in [2.24, 2.45) is 0 Å².